The summed E-state index contributed by atoms with van der Waals surface area (Å²) in [4.78, 5) is 4.95. The van der Waals surface area contributed by atoms with Gasteiger partial charge in [-0.2, -0.15) is 5.10 Å². The van der Waals surface area contributed by atoms with E-state index in [4.69, 9.17) is 4.74 Å². The molecule has 1 saturated heterocycles. The first kappa shape index (κ1) is 40.6. The van der Waals surface area contributed by atoms with Gasteiger partial charge in [0.15, 0.2) is 0 Å². The summed E-state index contributed by atoms with van der Waals surface area (Å²) in [5, 5.41) is 35.5. The molecular formula is C41H63N3O4S2. The van der Waals surface area contributed by atoms with Crippen LogP contribution in [0, 0.1) is 0 Å². The average Bonchev–Trinajstić information content (AvgIpc) is 3.41. The summed E-state index contributed by atoms with van der Waals surface area (Å²) in [6, 6.07) is 10.9. The maximum absolute atomic E-state index is 11.5. The van der Waals surface area contributed by atoms with Crippen molar-refractivity contribution < 1.29 is 20.1 Å². The third kappa shape index (κ3) is 9.43. The highest BCUT2D eigenvalue weighted by molar-refractivity contribution is 8.18. The molecule has 7 nitrogen and oxygen atoms in total. The van der Waals surface area contributed by atoms with E-state index in [2.05, 4.69) is 117 Å². The number of aromatic nitrogens is 2. The number of phenols is 1. The molecule has 1 fully saturated rings. The molecule has 1 aromatic heterocycles. The van der Waals surface area contributed by atoms with Crippen molar-refractivity contribution in [3.05, 3.63) is 64.0 Å². The summed E-state index contributed by atoms with van der Waals surface area (Å²) in [6.07, 6.45) is 1.93. The quantitative estimate of drug-likeness (QED) is 0.178. The van der Waals surface area contributed by atoms with Crippen LogP contribution >= 0.6 is 23.5 Å². The van der Waals surface area contributed by atoms with Gasteiger partial charge in [-0.3, -0.25) is 4.68 Å². The molecule has 0 saturated carbocycles. The van der Waals surface area contributed by atoms with Gasteiger partial charge in [0.25, 0.3) is 0 Å². The standard InChI is InChI=1S/C41H63N3O4S2/c1-37(2,3)31-21-29(22-32(35(31)47)38(4,5)6)49-41(14-16-43(17-15-41)18-19-44-28(26-46)20-27(25-45)42-44)50-30-23-33(39(7,8)9)36(48-13)34(24-30)40(10,11)12/h20-24,45-47H,14-19,25-26H2,1-13H3. The summed E-state index contributed by atoms with van der Waals surface area (Å²) < 4.78 is 7.80. The van der Waals surface area contributed by atoms with Gasteiger partial charge in [0.2, 0.25) is 0 Å². The minimum atomic E-state index is -0.209. The number of nitrogens with zero attached hydrogens (tertiary/aromatic N) is 3. The molecule has 1 aliphatic rings. The van der Waals surface area contributed by atoms with Gasteiger partial charge in [0.05, 0.1) is 42.3 Å². The molecule has 1 aliphatic heterocycles. The number of likely N-dealkylation sites (tertiary alicyclic amines) is 1. The van der Waals surface area contributed by atoms with Gasteiger partial charge in [-0.05, 0) is 64.8 Å². The van der Waals surface area contributed by atoms with Gasteiger partial charge in [0.1, 0.15) is 11.5 Å². The van der Waals surface area contributed by atoms with Crippen molar-refractivity contribution in [2.75, 3.05) is 26.7 Å². The number of rotatable bonds is 10. The Morgan fingerprint density at radius 2 is 1.12 bits per heavy atom. The zero-order valence-corrected chi connectivity index (χ0v) is 34.6. The van der Waals surface area contributed by atoms with Crippen LogP contribution in [0.4, 0.5) is 0 Å². The molecular weight excluding hydrogens is 663 g/mol. The normalized spacial score (nSPS) is 16.2. The van der Waals surface area contributed by atoms with E-state index >= 15 is 0 Å². The number of aliphatic hydroxyl groups is 2. The highest BCUT2D eigenvalue weighted by Gasteiger charge is 2.39. The van der Waals surface area contributed by atoms with Crippen LogP contribution in [-0.2, 0) is 41.4 Å². The summed E-state index contributed by atoms with van der Waals surface area (Å²) in [5.74, 6) is 1.40. The lowest BCUT2D eigenvalue weighted by molar-refractivity contribution is 0.208. The number of benzene rings is 2. The van der Waals surface area contributed by atoms with E-state index in [1.54, 1.807) is 13.2 Å². The first-order chi connectivity index (χ1) is 23.0. The summed E-state index contributed by atoms with van der Waals surface area (Å²) >= 11 is 3.94. The van der Waals surface area contributed by atoms with Crippen molar-refractivity contribution in [1.82, 2.24) is 14.7 Å². The summed E-state index contributed by atoms with van der Waals surface area (Å²) in [7, 11) is 1.79. The number of hydrogen-bond acceptors (Lipinski definition) is 8. The van der Waals surface area contributed by atoms with Crippen LogP contribution in [0.2, 0.25) is 0 Å². The topological polar surface area (TPSA) is 91.0 Å². The summed E-state index contributed by atoms with van der Waals surface area (Å²) in [5.41, 5.74) is 5.13. The molecule has 50 heavy (non-hydrogen) atoms. The second-order valence-electron chi connectivity index (χ2n) is 18.0. The molecule has 2 heterocycles. The number of thioether (sulfide) groups is 2. The molecule has 4 rings (SSSR count). The number of phenolic OH excluding ortho intramolecular Hbond substituents is 1. The van der Waals surface area contributed by atoms with Crippen LogP contribution in [0.1, 0.15) is 130 Å². The van der Waals surface area contributed by atoms with Crippen LogP contribution in [0.5, 0.6) is 11.5 Å². The van der Waals surface area contributed by atoms with Crippen LogP contribution in [-0.4, -0.2) is 60.8 Å². The van der Waals surface area contributed by atoms with Gasteiger partial charge in [0, 0.05) is 51.7 Å². The zero-order valence-electron chi connectivity index (χ0n) is 33.0. The van der Waals surface area contributed by atoms with Crippen molar-refractivity contribution in [1.29, 1.82) is 0 Å². The van der Waals surface area contributed by atoms with Crippen molar-refractivity contribution in [3.63, 3.8) is 0 Å². The Bertz CT molecular complexity index is 1560. The van der Waals surface area contributed by atoms with E-state index in [1.165, 1.54) is 20.9 Å². The molecule has 9 heteroatoms. The Kier molecular flexibility index (Phi) is 12.2. The fourth-order valence-electron chi connectivity index (χ4n) is 6.73. The van der Waals surface area contributed by atoms with E-state index in [0.29, 0.717) is 18.0 Å². The second-order valence-corrected chi connectivity index (χ2v) is 21.2. The highest BCUT2D eigenvalue weighted by Crippen LogP contribution is 2.55. The Hall–Kier alpha value is -2.17. The number of methoxy groups -OCH3 is 1. The number of piperidine rings is 1. The van der Waals surface area contributed by atoms with Crippen molar-refractivity contribution in [2.45, 2.75) is 151 Å². The molecule has 0 atom stereocenters. The van der Waals surface area contributed by atoms with Crippen LogP contribution in [0.15, 0.2) is 40.1 Å². The average molecular weight is 726 g/mol. The highest BCUT2D eigenvalue weighted by atomic mass is 32.2. The molecule has 278 valence electrons. The van der Waals surface area contributed by atoms with Crippen molar-refractivity contribution in [2.24, 2.45) is 0 Å². The maximum Gasteiger partial charge on any atom is 0.126 e. The van der Waals surface area contributed by atoms with Gasteiger partial charge in [-0.1, -0.05) is 83.1 Å². The monoisotopic (exact) mass is 725 g/mol. The molecule has 0 radical (unpaired) electrons. The van der Waals surface area contributed by atoms with Crippen LogP contribution < -0.4 is 4.74 Å². The van der Waals surface area contributed by atoms with Gasteiger partial charge < -0.3 is 25.0 Å². The minimum Gasteiger partial charge on any atom is -0.507 e. The van der Waals surface area contributed by atoms with Gasteiger partial charge in [-0.15, -0.1) is 23.5 Å². The fourth-order valence-corrected chi connectivity index (χ4v) is 9.81. The van der Waals surface area contributed by atoms with Crippen molar-refractivity contribution in [3.8, 4) is 11.5 Å². The maximum atomic E-state index is 11.5. The lowest BCUT2D eigenvalue weighted by Gasteiger charge is -2.42. The van der Waals surface area contributed by atoms with E-state index in [-0.39, 0.29) is 39.0 Å². The Balaban J connectivity index is 1.77. The molecule has 2 aromatic carbocycles. The third-order valence-electron chi connectivity index (χ3n) is 9.67. The lowest BCUT2D eigenvalue weighted by atomic mass is 9.79. The predicted octanol–water partition coefficient (Wildman–Crippen LogP) is 9.15. The first-order valence-electron chi connectivity index (χ1n) is 18.0. The molecule has 0 amide bonds. The molecule has 3 aromatic rings. The fraction of sp³-hybridized carbons (Fsp3) is 0.634. The van der Waals surface area contributed by atoms with E-state index < -0.39 is 0 Å². The zero-order chi connectivity index (χ0) is 37.4. The van der Waals surface area contributed by atoms with E-state index in [9.17, 15) is 15.3 Å². The van der Waals surface area contributed by atoms with Gasteiger partial charge in [-0.25, -0.2) is 0 Å². The van der Waals surface area contributed by atoms with E-state index in [1.807, 2.05) is 28.2 Å². The largest absolute Gasteiger partial charge is 0.507 e. The molecule has 0 spiro atoms. The lowest BCUT2D eigenvalue weighted by Crippen LogP contribution is -2.42. The molecule has 0 aliphatic carbocycles. The Morgan fingerprint density at radius 1 is 0.680 bits per heavy atom. The smallest absolute Gasteiger partial charge is 0.126 e. The number of aliphatic hydroxyl groups excluding tert-OH is 2. The number of ether oxygens (including phenoxy) is 1. The Morgan fingerprint density at radius 3 is 1.50 bits per heavy atom. The van der Waals surface area contributed by atoms with Crippen LogP contribution in [0.25, 0.3) is 0 Å². The minimum absolute atomic E-state index is 0.0957. The second kappa shape index (κ2) is 15.1. The predicted molar refractivity (Wildman–Crippen MR) is 210 cm³/mol. The Labute approximate surface area is 310 Å². The van der Waals surface area contributed by atoms with E-state index in [0.717, 1.165) is 55.0 Å². The summed E-state index contributed by atoms with van der Waals surface area (Å²) in [6.45, 7) is 29.7. The SMILES string of the molecule is COc1c(C(C)(C)C)cc(SC2(Sc3cc(C(C)(C)C)c(O)c(C(C)(C)C)c3)CCN(CCn3nc(CO)cc3CO)CC2)cc1C(C)(C)C. The molecule has 0 bridgehead atoms. The third-order valence-corrected chi connectivity index (χ3v) is 12.7. The molecule has 3 N–H and O–H groups in total. The number of aromatic hydroxyl groups is 1. The molecule has 0 unspecified atom stereocenters. The van der Waals surface area contributed by atoms with Gasteiger partial charge >= 0.3 is 0 Å². The number of hydrogen-bond donors (Lipinski definition) is 3. The van der Waals surface area contributed by atoms with Crippen LogP contribution in [0.3, 0.4) is 0 Å². The first-order valence-corrected chi connectivity index (χ1v) is 19.6. The van der Waals surface area contributed by atoms with Crippen molar-refractivity contribution >= 4 is 23.5 Å².